The first kappa shape index (κ1) is 21.1. The maximum absolute atomic E-state index is 12.5. The van der Waals surface area contributed by atoms with Crippen LogP contribution in [0.15, 0.2) is 35.7 Å². The smallest absolute Gasteiger partial charge is 0.253 e. The standard InChI is InChI=1S/C17H26N2O5S/c1-6-8-11-24-13(3)17(20)18-14-9-10-15(23-7-2)16(12-14)25(21,22)19(4)5/h6,9-10,12-13H,1,7-8,11H2,2-5H3,(H,18,20). The molecular weight excluding hydrogens is 344 g/mol. The predicted molar refractivity (Wildman–Crippen MR) is 97.3 cm³/mol. The summed E-state index contributed by atoms with van der Waals surface area (Å²) >= 11 is 0. The first-order valence-electron chi connectivity index (χ1n) is 7.96. The lowest BCUT2D eigenvalue weighted by molar-refractivity contribution is -0.126. The molecule has 1 aromatic rings. The summed E-state index contributed by atoms with van der Waals surface area (Å²) in [6.07, 6.45) is 1.68. The minimum absolute atomic E-state index is 0.00243. The van der Waals surface area contributed by atoms with Gasteiger partial charge in [0.15, 0.2) is 0 Å². The molecule has 0 aliphatic carbocycles. The van der Waals surface area contributed by atoms with Gasteiger partial charge in [-0.15, -0.1) is 6.58 Å². The van der Waals surface area contributed by atoms with Crippen molar-refractivity contribution in [3.05, 3.63) is 30.9 Å². The second-order valence-corrected chi connectivity index (χ2v) is 7.58. The Bertz CT molecular complexity index is 701. The monoisotopic (exact) mass is 370 g/mol. The van der Waals surface area contributed by atoms with Crippen LogP contribution in [0, 0.1) is 0 Å². The first-order valence-corrected chi connectivity index (χ1v) is 9.40. The molecule has 0 spiro atoms. The molecular formula is C17H26N2O5S. The zero-order chi connectivity index (χ0) is 19.0. The summed E-state index contributed by atoms with van der Waals surface area (Å²) in [7, 11) is -0.838. The summed E-state index contributed by atoms with van der Waals surface area (Å²) in [4.78, 5) is 12.2. The van der Waals surface area contributed by atoms with E-state index >= 15 is 0 Å². The van der Waals surface area contributed by atoms with Gasteiger partial charge in [-0.3, -0.25) is 4.79 Å². The van der Waals surface area contributed by atoms with Gasteiger partial charge in [-0.25, -0.2) is 12.7 Å². The number of rotatable bonds is 10. The molecule has 8 heteroatoms. The van der Waals surface area contributed by atoms with E-state index < -0.39 is 16.1 Å². The predicted octanol–water partition coefficient (Wildman–Crippen LogP) is 2.26. The largest absolute Gasteiger partial charge is 0.492 e. The molecule has 1 unspecified atom stereocenters. The third-order valence-corrected chi connectivity index (χ3v) is 5.17. The van der Waals surface area contributed by atoms with Gasteiger partial charge in [0.2, 0.25) is 10.0 Å². The number of nitrogens with one attached hydrogen (secondary N) is 1. The minimum atomic E-state index is -3.71. The van der Waals surface area contributed by atoms with Crippen molar-refractivity contribution in [2.45, 2.75) is 31.3 Å². The number of amides is 1. The molecule has 7 nitrogen and oxygen atoms in total. The maximum atomic E-state index is 12.5. The Morgan fingerprint density at radius 3 is 2.64 bits per heavy atom. The number of anilines is 1. The lowest BCUT2D eigenvalue weighted by Gasteiger charge is -2.17. The molecule has 0 fully saturated rings. The molecule has 0 saturated heterocycles. The van der Waals surface area contributed by atoms with Crippen molar-refractivity contribution < 1.29 is 22.7 Å². The quantitative estimate of drug-likeness (QED) is 0.504. The van der Waals surface area contributed by atoms with E-state index in [4.69, 9.17) is 9.47 Å². The highest BCUT2D eigenvalue weighted by molar-refractivity contribution is 7.89. The second kappa shape index (κ2) is 9.55. The molecule has 140 valence electrons. The van der Waals surface area contributed by atoms with Crippen LogP contribution in [0.3, 0.4) is 0 Å². The number of benzene rings is 1. The average Bonchev–Trinajstić information content (AvgIpc) is 2.56. The molecule has 0 radical (unpaired) electrons. The van der Waals surface area contributed by atoms with Crippen LogP contribution in [-0.2, 0) is 19.6 Å². The topological polar surface area (TPSA) is 84.9 Å². The van der Waals surface area contributed by atoms with Crippen molar-refractivity contribution in [1.29, 1.82) is 0 Å². The van der Waals surface area contributed by atoms with Crippen LogP contribution in [-0.4, -0.2) is 52.0 Å². The summed E-state index contributed by atoms with van der Waals surface area (Å²) in [6, 6.07) is 4.50. The second-order valence-electron chi connectivity index (χ2n) is 5.46. The van der Waals surface area contributed by atoms with Gasteiger partial charge < -0.3 is 14.8 Å². The van der Waals surface area contributed by atoms with Crippen LogP contribution in [0.2, 0.25) is 0 Å². The van der Waals surface area contributed by atoms with Crippen molar-refractivity contribution >= 4 is 21.6 Å². The fourth-order valence-corrected chi connectivity index (χ4v) is 2.96. The zero-order valence-electron chi connectivity index (χ0n) is 15.1. The van der Waals surface area contributed by atoms with Gasteiger partial charge in [-0.1, -0.05) is 6.08 Å². The van der Waals surface area contributed by atoms with Gasteiger partial charge in [0, 0.05) is 19.8 Å². The van der Waals surface area contributed by atoms with E-state index in [-0.39, 0.29) is 16.6 Å². The Morgan fingerprint density at radius 1 is 1.40 bits per heavy atom. The van der Waals surface area contributed by atoms with Gasteiger partial charge in [-0.05, 0) is 38.5 Å². The Balaban J connectivity index is 3.02. The molecule has 0 aliphatic heterocycles. The molecule has 1 rings (SSSR count). The molecule has 0 aromatic heterocycles. The minimum Gasteiger partial charge on any atom is -0.492 e. The molecule has 0 aliphatic rings. The lowest BCUT2D eigenvalue weighted by Crippen LogP contribution is -2.28. The third kappa shape index (κ3) is 5.84. The summed E-state index contributed by atoms with van der Waals surface area (Å²) in [5, 5.41) is 2.66. The number of carbonyl (C=O) groups is 1. The first-order chi connectivity index (χ1) is 11.7. The highest BCUT2D eigenvalue weighted by atomic mass is 32.2. The van der Waals surface area contributed by atoms with Crippen LogP contribution >= 0.6 is 0 Å². The fraction of sp³-hybridized carbons (Fsp3) is 0.471. The van der Waals surface area contributed by atoms with Gasteiger partial charge in [-0.2, -0.15) is 0 Å². The molecule has 1 aromatic carbocycles. The van der Waals surface area contributed by atoms with Crippen molar-refractivity contribution in [2.75, 3.05) is 32.6 Å². The number of nitrogens with zero attached hydrogens (tertiary/aromatic N) is 1. The summed E-state index contributed by atoms with van der Waals surface area (Å²) < 4.78 is 36.8. The Morgan fingerprint density at radius 2 is 2.08 bits per heavy atom. The van der Waals surface area contributed by atoms with Gasteiger partial charge >= 0.3 is 0 Å². The van der Waals surface area contributed by atoms with Gasteiger partial charge in [0.05, 0.1) is 13.2 Å². The zero-order valence-corrected chi connectivity index (χ0v) is 15.9. The van der Waals surface area contributed by atoms with Crippen molar-refractivity contribution in [3.63, 3.8) is 0 Å². The normalized spacial score (nSPS) is 12.7. The van der Waals surface area contributed by atoms with Crippen LogP contribution < -0.4 is 10.1 Å². The van der Waals surface area contributed by atoms with Crippen molar-refractivity contribution in [2.24, 2.45) is 0 Å². The molecule has 0 heterocycles. The van der Waals surface area contributed by atoms with E-state index in [9.17, 15) is 13.2 Å². The highest BCUT2D eigenvalue weighted by Gasteiger charge is 2.23. The van der Waals surface area contributed by atoms with E-state index in [1.165, 1.54) is 26.2 Å². The van der Waals surface area contributed by atoms with Crippen LogP contribution in [0.1, 0.15) is 20.3 Å². The Hall–Kier alpha value is -1.90. The maximum Gasteiger partial charge on any atom is 0.253 e. The molecule has 25 heavy (non-hydrogen) atoms. The number of hydrogen-bond acceptors (Lipinski definition) is 5. The average molecular weight is 370 g/mol. The molecule has 1 N–H and O–H groups in total. The fourth-order valence-electron chi connectivity index (χ4n) is 1.91. The van der Waals surface area contributed by atoms with Crippen LogP contribution in [0.5, 0.6) is 5.75 Å². The van der Waals surface area contributed by atoms with Crippen molar-refractivity contribution in [3.8, 4) is 5.75 Å². The van der Waals surface area contributed by atoms with Gasteiger partial charge in [0.1, 0.15) is 16.7 Å². The molecule has 1 atom stereocenters. The van der Waals surface area contributed by atoms with Crippen LogP contribution in [0.4, 0.5) is 5.69 Å². The highest BCUT2D eigenvalue weighted by Crippen LogP contribution is 2.29. The summed E-state index contributed by atoms with van der Waals surface area (Å²) in [5.74, 6) is -0.120. The number of ether oxygens (including phenoxy) is 2. The Kier molecular flexibility index (Phi) is 8.08. The molecule has 1 amide bonds. The van der Waals surface area contributed by atoms with E-state index in [1.54, 1.807) is 26.0 Å². The van der Waals surface area contributed by atoms with E-state index in [0.29, 0.717) is 25.3 Å². The number of hydrogen-bond donors (Lipinski definition) is 1. The van der Waals surface area contributed by atoms with Crippen LogP contribution in [0.25, 0.3) is 0 Å². The Labute approximate surface area is 149 Å². The molecule has 0 saturated carbocycles. The third-order valence-electron chi connectivity index (χ3n) is 3.33. The van der Waals surface area contributed by atoms with E-state index in [1.807, 2.05) is 0 Å². The van der Waals surface area contributed by atoms with Crippen molar-refractivity contribution in [1.82, 2.24) is 4.31 Å². The van der Waals surface area contributed by atoms with E-state index in [0.717, 1.165) is 4.31 Å². The lowest BCUT2D eigenvalue weighted by atomic mass is 10.2. The summed E-state index contributed by atoms with van der Waals surface area (Å²) in [5.41, 5.74) is 0.355. The van der Waals surface area contributed by atoms with E-state index in [2.05, 4.69) is 11.9 Å². The summed E-state index contributed by atoms with van der Waals surface area (Å²) in [6.45, 7) is 7.70. The molecule has 0 bridgehead atoms. The SMILES string of the molecule is C=CCCOC(C)C(=O)Nc1ccc(OCC)c(S(=O)(=O)N(C)C)c1. The van der Waals surface area contributed by atoms with Gasteiger partial charge in [0.25, 0.3) is 5.91 Å². The number of sulfonamides is 1. The number of carbonyl (C=O) groups excluding carboxylic acids is 1.